The molecule has 0 heterocycles. The van der Waals surface area contributed by atoms with Gasteiger partial charge in [-0.1, -0.05) is 62.4 Å². The van der Waals surface area contributed by atoms with Crippen molar-refractivity contribution in [1.29, 1.82) is 0 Å². The summed E-state index contributed by atoms with van der Waals surface area (Å²) in [4.78, 5) is 0. The third-order valence-electron chi connectivity index (χ3n) is 19.4. The van der Waals surface area contributed by atoms with Crippen molar-refractivity contribution < 1.29 is 0 Å². The molecule has 9 aliphatic rings. The van der Waals surface area contributed by atoms with Gasteiger partial charge in [-0.25, -0.2) is 0 Å². The van der Waals surface area contributed by atoms with Crippen molar-refractivity contribution in [3.05, 3.63) is 70.8 Å². The van der Waals surface area contributed by atoms with E-state index >= 15 is 0 Å². The molecule has 0 saturated heterocycles. The molecule has 0 N–H and O–H groups in total. The zero-order valence-corrected chi connectivity index (χ0v) is 30.7. The van der Waals surface area contributed by atoms with Crippen LogP contribution in [0.2, 0.25) is 0 Å². The highest BCUT2D eigenvalue weighted by atomic mass is 14.7. The Morgan fingerprint density at radius 3 is 1.19 bits per heavy atom. The van der Waals surface area contributed by atoms with Crippen LogP contribution >= 0.6 is 0 Å². The molecule has 9 aliphatic carbocycles. The Balaban J connectivity index is 1.07. The lowest BCUT2D eigenvalue weighted by Crippen LogP contribution is -2.59. The molecule has 0 spiro atoms. The number of fused-ring (bicyclic) bond motifs is 6. The fourth-order valence-electron chi connectivity index (χ4n) is 18.2. The molecule has 16 atom stereocenters. The van der Waals surface area contributed by atoms with Crippen LogP contribution in [0.1, 0.15) is 125 Å². The van der Waals surface area contributed by atoms with Gasteiger partial charge in [-0.3, -0.25) is 0 Å². The minimum atomic E-state index is 0.780. The van der Waals surface area contributed by atoms with Crippen molar-refractivity contribution in [1.82, 2.24) is 0 Å². The zero-order chi connectivity index (χ0) is 32.0. The molecular formula is C48H64. The van der Waals surface area contributed by atoms with Crippen molar-refractivity contribution in [3.63, 3.8) is 0 Å². The van der Waals surface area contributed by atoms with E-state index in [9.17, 15) is 0 Å². The van der Waals surface area contributed by atoms with Gasteiger partial charge in [0.15, 0.2) is 0 Å². The maximum atomic E-state index is 2.63. The zero-order valence-electron chi connectivity index (χ0n) is 30.7. The molecule has 11 rings (SSSR count). The molecule has 48 heavy (non-hydrogen) atoms. The first kappa shape index (κ1) is 30.1. The Morgan fingerprint density at radius 2 is 0.729 bits per heavy atom. The maximum Gasteiger partial charge on any atom is -0.00940 e. The third-order valence-corrected chi connectivity index (χ3v) is 19.4. The van der Waals surface area contributed by atoms with Crippen molar-refractivity contribution in [2.75, 3.05) is 0 Å². The number of aryl methyl sites for hydroxylation is 2. The van der Waals surface area contributed by atoms with Gasteiger partial charge in [-0.05, 0) is 232 Å². The number of benzene rings is 2. The highest BCUT2D eigenvalue weighted by molar-refractivity contribution is 5.38. The second-order valence-electron chi connectivity index (χ2n) is 20.4. The molecule has 0 radical (unpaired) electrons. The normalized spacial score (nSPS) is 54.1. The summed E-state index contributed by atoms with van der Waals surface area (Å²) in [5, 5.41) is 0. The van der Waals surface area contributed by atoms with Crippen molar-refractivity contribution in [2.45, 2.75) is 117 Å². The van der Waals surface area contributed by atoms with Gasteiger partial charge in [-0.2, -0.15) is 0 Å². The summed E-state index contributed by atoms with van der Waals surface area (Å²) < 4.78 is 0. The van der Waals surface area contributed by atoms with Crippen LogP contribution in [0.3, 0.4) is 0 Å². The van der Waals surface area contributed by atoms with Gasteiger partial charge in [0, 0.05) is 0 Å². The lowest BCUT2D eigenvalue weighted by atomic mass is 9.40. The van der Waals surface area contributed by atoms with E-state index in [1.807, 2.05) is 0 Å². The molecule has 0 heteroatoms. The first-order chi connectivity index (χ1) is 23.5. The molecule has 9 fully saturated rings. The van der Waals surface area contributed by atoms with Crippen molar-refractivity contribution >= 4 is 0 Å². The van der Waals surface area contributed by atoms with Gasteiger partial charge in [0.05, 0.1) is 0 Å². The summed E-state index contributed by atoms with van der Waals surface area (Å²) in [5.74, 6) is 19.7. The number of hydrogen-bond donors (Lipinski definition) is 0. The minimum Gasteiger partial charge on any atom is -0.0622 e. The largest absolute Gasteiger partial charge is 0.0622 e. The van der Waals surface area contributed by atoms with Crippen molar-refractivity contribution in [2.24, 2.45) is 107 Å². The fraction of sp³-hybridized carbons (Fsp3) is 0.750. The van der Waals surface area contributed by atoms with Crippen LogP contribution in [-0.4, -0.2) is 0 Å². The van der Waals surface area contributed by atoms with E-state index in [4.69, 9.17) is 0 Å². The van der Waals surface area contributed by atoms with Gasteiger partial charge >= 0.3 is 0 Å². The highest BCUT2D eigenvalue weighted by Crippen LogP contribution is 2.77. The Morgan fingerprint density at radius 1 is 0.375 bits per heavy atom. The molecule has 9 saturated carbocycles. The van der Waals surface area contributed by atoms with Crippen LogP contribution in [0.15, 0.2) is 48.5 Å². The van der Waals surface area contributed by atoms with Crippen LogP contribution in [0.5, 0.6) is 0 Å². The first-order valence-corrected chi connectivity index (χ1v) is 21.6. The molecule has 0 nitrogen and oxygen atoms in total. The van der Waals surface area contributed by atoms with E-state index in [0.29, 0.717) is 0 Å². The molecule has 2 aromatic rings. The van der Waals surface area contributed by atoms with Gasteiger partial charge in [0.1, 0.15) is 0 Å². The summed E-state index contributed by atoms with van der Waals surface area (Å²) in [6, 6.07) is 19.7. The first-order valence-electron chi connectivity index (χ1n) is 21.6. The van der Waals surface area contributed by atoms with Crippen LogP contribution < -0.4 is 0 Å². The average molecular weight is 641 g/mol. The van der Waals surface area contributed by atoms with E-state index in [1.54, 1.807) is 86.5 Å². The fourth-order valence-corrected chi connectivity index (χ4v) is 18.2. The summed E-state index contributed by atoms with van der Waals surface area (Å²) in [5.41, 5.74) is 6.78. The van der Waals surface area contributed by atoms with Crippen molar-refractivity contribution in [3.8, 4) is 0 Å². The smallest absolute Gasteiger partial charge is 0.00940 e. The summed E-state index contributed by atoms with van der Waals surface area (Å²) in [6.07, 6.45) is 18.9. The predicted molar refractivity (Wildman–Crippen MR) is 197 cm³/mol. The monoisotopic (exact) mass is 641 g/mol. The molecular weight excluding hydrogens is 577 g/mol. The molecule has 0 aliphatic heterocycles. The van der Waals surface area contributed by atoms with E-state index in [2.05, 4.69) is 76.2 Å². The van der Waals surface area contributed by atoms with Crippen LogP contribution in [0.4, 0.5) is 0 Å². The number of rotatable bonds is 2. The van der Waals surface area contributed by atoms with Crippen LogP contribution in [0.25, 0.3) is 0 Å². The van der Waals surface area contributed by atoms with E-state index in [1.165, 1.54) is 12.8 Å². The average Bonchev–Trinajstić information content (AvgIpc) is 3.68. The highest BCUT2D eigenvalue weighted by Gasteiger charge is 2.70. The second kappa shape index (κ2) is 11.0. The third kappa shape index (κ3) is 3.96. The van der Waals surface area contributed by atoms with E-state index in [0.717, 1.165) is 118 Å². The molecule has 0 bridgehead atoms. The van der Waals surface area contributed by atoms with Gasteiger partial charge in [0.2, 0.25) is 0 Å². The predicted octanol–water partition coefficient (Wildman–Crippen LogP) is 12.1. The van der Waals surface area contributed by atoms with Crippen LogP contribution in [-0.2, 0) is 0 Å². The summed E-state index contributed by atoms with van der Waals surface area (Å²) in [6.45, 7) is 10.2. The Labute approximate surface area is 293 Å². The van der Waals surface area contributed by atoms with Crippen LogP contribution in [0, 0.1) is 120 Å². The Hall–Kier alpha value is -1.56. The second-order valence-corrected chi connectivity index (χ2v) is 20.4. The minimum absolute atomic E-state index is 0.780. The Bertz CT molecular complexity index is 1440. The molecule has 16 unspecified atom stereocenters. The van der Waals surface area contributed by atoms with Gasteiger partial charge in [0.25, 0.3) is 0 Å². The van der Waals surface area contributed by atoms with Gasteiger partial charge < -0.3 is 0 Å². The summed E-state index contributed by atoms with van der Waals surface area (Å²) >= 11 is 0. The SMILES string of the molecule is Cc1ccccc1C1C2CC(C)C(C)CC2C(c2ccccc2C)C2C3CCC4C5CCC6CCC7CCC(C8CCC(C3C84)C12)C5C76. The maximum absolute atomic E-state index is 2.63. The quantitative estimate of drug-likeness (QED) is 0.306. The molecule has 2 aromatic carbocycles. The number of hydrogen-bond acceptors (Lipinski definition) is 0. The standard InChI is InChI=1S/C48H64/c1-25-9-5-7-11-31(25)42-39-23-27(3)28(4)24-40(39)43(32-12-8-6-10-26(32)2)48-38-22-20-36-34-18-16-30-14-13-29-15-17-33(44(34)41(29)30)35-19-21-37(47(42)48)46(38)45(35)36/h5-12,27-30,33-48H,13-24H2,1-4H3. The topological polar surface area (TPSA) is 0 Å². The molecule has 0 amide bonds. The Kier molecular flexibility index (Phi) is 6.88. The van der Waals surface area contributed by atoms with E-state index < -0.39 is 0 Å². The summed E-state index contributed by atoms with van der Waals surface area (Å²) in [7, 11) is 0. The molecule has 256 valence electrons. The lowest BCUT2D eigenvalue weighted by Gasteiger charge is -2.65. The van der Waals surface area contributed by atoms with Gasteiger partial charge in [-0.15, -0.1) is 0 Å². The van der Waals surface area contributed by atoms with E-state index in [-0.39, 0.29) is 0 Å². The molecule has 0 aromatic heterocycles. The lowest BCUT2D eigenvalue weighted by molar-refractivity contribution is -0.169.